The van der Waals surface area contributed by atoms with Gasteiger partial charge in [0.1, 0.15) is 0 Å². The van der Waals surface area contributed by atoms with Crippen LogP contribution in [0.3, 0.4) is 0 Å². The maximum atomic E-state index is 12.2. The second kappa shape index (κ2) is 9.72. The lowest BCUT2D eigenvalue weighted by molar-refractivity contribution is -0.138. The van der Waals surface area contributed by atoms with Crippen LogP contribution in [-0.2, 0) is 14.3 Å². The first-order valence-electron chi connectivity index (χ1n) is 7.34. The molecule has 0 spiro atoms. The average Bonchev–Trinajstić information content (AvgIpc) is 2.45. The summed E-state index contributed by atoms with van der Waals surface area (Å²) in [4.78, 5) is 26.7. The van der Waals surface area contributed by atoms with Gasteiger partial charge in [-0.25, -0.2) is 0 Å². The van der Waals surface area contributed by atoms with E-state index in [1.807, 2.05) is 9.80 Å². The first-order valence-corrected chi connectivity index (χ1v) is 7.34. The first-order chi connectivity index (χ1) is 9.63. The fourth-order valence-corrected chi connectivity index (χ4v) is 2.39. The van der Waals surface area contributed by atoms with Crippen LogP contribution in [0.5, 0.6) is 0 Å². The number of piperidine rings is 1. The monoisotopic (exact) mass is 286 g/mol. The molecule has 6 nitrogen and oxygen atoms in total. The van der Waals surface area contributed by atoms with Crippen LogP contribution in [-0.4, -0.2) is 73.2 Å². The van der Waals surface area contributed by atoms with Gasteiger partial charge in [-0.05, 0) is 25.7 Å². The molecule has 1 aliphatic rings. The van der Waals surface area contributed by atoms with Gasteiger partial charge in [-0.15, -0.1) is 0 Å². The van der Waals surface area contributed by atoms with Gasteiger partial charge in [0.15, 0.2) is 0 Å². The largest absolute Gasteiger partial charge is 0.481 e. The Morgan fingerprint density at radius 1 is 1.20 bits per heavy atom. The smallest absolute Gasteiger partial charge is 0.304 e. The number of amides is 1. The Morgan fingerprint density at radius 3 is 2.50 bits per heavy atom. The molecule has 116 valence electrons. The quantitative estimate of drug-likeness (QED) is 0.635. The Labute approximate surface area is 120 Å². The molecule has 1 N–H and O–H groups in total. The van der Waals surface area contributed by atoms with E-state index < -0.39 is 5.97 Å². The lowest BCUT2D eigenvalue weighted by atomic mass is 10.1. The number of carboxylic acid groups (broad SMARTS) is 1. The van der Waals surface area contributed by atoms with E-state index in [-0.39, 0.29) is 12.3 Å². The maximum Gasteiger partial charge on any atom is 0.304 e. The summed E-state index contributed by atoms with van der Waals surface area (Å²) in [5, 5.41) is 8.77. The fraction of sp³-hybridized carbons (Fsp3) is 0.857. The average molecular weight is 286 g/mol. The third-order valence-corrected chi connectivity index (χ3v) is 3.53. The summed E-state index contributed by atoms with van der Waals surface area (Å²) < 4.78 is 5.00. The van der Waals surface area contributed by atoms with Crippen molar-refractivity contribution < 1.29 is 19.4 Å². The first kappa shape index (κ1) is 16.9. The molecule has 6 heteroatoms. The van der Waals surface area contributed by atoms with Crippen molar-refractivity contribution in [2.75, 3.05) is 46.4 Å². The number of likely N-dealkylation sites (tertiary alicyclic amines) is 1. The van der Waals surface area contributed by atoms with Gasteiger partial charge in [-0.3, -0.25) is 14.5 Å². The summed E-state index contributed by atoms with van der Waals surface area (Å²) in [5.74, 6) is -0.709. The number of carbonyl (C=O) groups is 2. The molecular formula is C14H26N2O4. The van der Waals surface area contributed by atoms with E-state index in [1.165, 1.54) is 6.42 Å². The minimum atomic E-state index is -0.827. The second-order valence-electron chi connectivity index (χ2n) is 5.21. The zero-order chi connectivity index (χ0) is 14.8. The van der Waals surface area contributed by atoms with Gasteiger partial charge < -0.3 is 14.7 Å². The second-order valence-corrected chi connectivity index (χ2v) is 5.21. The van der Waals surface area contributed by atoms with E-state index in [2.05, 4.69) is 0 Å². The molecule has 0 radical (unpaired) electrons. The molecule has 1 amide bonds. The number of ether oxygens (including phenoxy) is 1. The number of methoxy groups -OCH3 is 1. The van der Waals surface area contributed by atoms with Gasteiger partial charge in [0, 0.05) is 39.9 Å². The molecule has 0 aliphatic carbocycles. The van der Waals surface area contributed by atoms with Crippen molar-refractivity contribution in [3.63, 3.8) is 0 Å². The molecule has 0 saturated carbocycles. The number of carbonyl (C=O) groups excluding carboxylic acids is 1. The number of hydrogen-bond donors (Lipinski definition) is 1. The highest BCUT2D eigenvalue weighted by atomic mass is 16.5. The topological polar surface area (TPSA) is 70.1 Å². The van der Waals surface area contributed by atoms with Gasteiger partial charge in [0.2, 0.25) is 5.91 Å². The summed E-state index contributed by atoms with van der Waals surface area (Å²) in [7, 11) is 1.64. The summed E-state index contributed by atoms with van der Waals surface area (Å²) in [5.41, 5.74) is 0. The van der Waals surface area contributed by atoms with E-state index in [1.54, 1.807) is 7.11 Å². The standard InChI is InChI=1S/C14H26N2O4/c1-20-11-5-7-15(10-6-14(18)19)12-13(17)16-8-3-2-4-9-16/h2-12H2,1H3,(H,18,19). The van der Waals surface area contributed by atoms with Crippen LogP contribution >= 0.6 is 0 Å². The minimum Gasteiger partial charge on any atom is -0.481 e. The molecule has 0 aromatic carbocycles. The highest BCUT2D eigenvalue weighted by Gasteiger charge is 2.19. The van der Waals surface area contributed by atoms with Crippen molar-refractivity contribution in [1.82, 2.24) is 9.80 Å². The normalized spacial score (nSPS) is 15.6. The molecule has 0 aromatic rings. The number of carboxylic acids is 1. The van der Waals surface area contributed by atoms with Crippen LogP contribution in [0.4, 0.5) is 0 Å². The van der Waals surface area contributed by atoms with Gasteiger partial charge in [0.05, 0.1) is 13.0 Å². The summed E-state index contributed by atoms with van der Waals surface area (Å²) in [6.45, 7) is 3.73. The maximum absolute atomic E-state index is 12.2. The van der Waals surface area contributed by atoms with Crippen LogP contribution in [0.25, 0.3) is 0 Å². The van der Waals surface area contributed by atoms with E-state index in [4.69, 9.17) is 9.84 Å². The van der Waals surface area contributed by atoms with Crippen molar-refractivity contribution in [2.45, 2.75) is 32.1 Å². The SMILES string of the molecule is COCCCN(CCC(=O)O)CC(=O)N1CCCCC1. The molecule has 1 rings (SSSR count). The van der Waals surface area contributed by atoms with Crippen molar-refractivity contribution >= 4 is 11.9 Å². The summed E-state index contributed by atoms with van der Waals surface area (Å²) >= 11 is 0. The zero-order valence-electron chi connectivity index (χ0n) is 12.3. The van der Waals surface area contributed by atoms with Crippen LogP contribution < -0.4 is 0 Å². The minimum absolute atomic E-state index is 0.0697. The van der Waals surface area contributed by atoms with E-state index >= 15 is 0 Å². The summed E-state index contributed by atoms with van der Waals surface area (Å²) in [6, 6.07) is 0. The predicted octanol–water partition coefficient (Wildman–Crippen LogP) is 0.812. The number of rotatable bonds is 9. The highest BCUT2D eigenvalue weighted by molar-refractivity contribution is 5.78. The van der Waals surface area contributed by atoms with Crippen molar-refractivity contribution in [1.29, 1.82) is 0 Å². The van der Waals surface area contributed by atoms with Crippen molar-refractivity contribution in [3.05, 3.63) is 0 Å². The Hall–Kier alpha value is -1.14. The lowest BCUT2D eigenvalue weighted by Crippen LogP contribution is -2.43. The molecular weight excluding hydrogens is 260 g/mol. The molecule has 0 atom stereocenters. The van der Waals surface area contributed by atoms with Crippen LogP contribution in [0.15, 0.2) is 0 Å². The van der Waals surface area contributed by atoms with E-state index in [0.29, 0.717) is 26.2 Å². The molecule has 20 heavy (non-hydrogen) atoms. The third kappa shape index (κ3) is 6.86. The molecule has 1 fully saturated rings. The van der Waals surface area contributed by atoms with Crippen LogP contribution in [0.2, 0.25) is 0 Å². The molecule has 1 aliphatic heterocycles. The van der Waals surface area contributed by atoms with Gasteiger partial charge in [-0.1, -0.05) is 0 Å². The fourth-order valence-electron chi connectivity index (χ4n) is 2.39. The van der Waals surface area contributed by atoms with E-state index in [0.717, 1.165) is 32.4 Å². The third-order valence-electron chi connectivity index (χ3n) is 3.53. The Balaban J connectivity index is 2.39. The number of aliphatic carboxylic acids is 1. The molecule has 0 unspecified atom stereocenters. The van der Waals surface area contributed by atoms with Gasteiger partial charge in [0.25, 0.3) is 0 Å². The zero-order valence-corrected chi connectivity index (χ0v) is 12.3. The number of hydrogen-bond acceptors (Lipinski definition) is 4. The van der Waals surface area contributed by atoms with Crippen LogP contribution in [0.1, 0.15) is 32.1 Å². The van der Waals surface area contributed by atoms with Crippen molar-refractivity contribution in [2.24, 2.45) is 0 Å². The van der Waals surface area contributed by atoms with Gasteiger partial charge >= 0.3 is 5.97 Å². The Morgan fingerprint density at radius 2 is 1.90 bits per heavy atom. The predicted molar refractivity (Wildman–Crippen MR) is 75.6 cm³/mol. The van der Waals surface area contributed by atoms with E-state index in [9.17, 15) is 9.59 Å². The van der Waals surface area contributed by atoms with Crippen LogP contribution in [0, 0.1) is 0 Å². The van der Waals surface area contributed by atoms with Crippen molar-refractivity contribution in [3.8, 4) is 0 Å². The lowest BCUT2D eigenvalue weighted by Gasteiger charge is -2.29. The Bertz CT molecular complexity index is 304. The Kier molecular flexibility index (Phi) is 8.22. The highest BCUT2D eigenvalue weighted by Crippen LogP contribution is 2.09. The molecule has 1 heterocycles. The summed E-state index contributed by atoms with van der Waals surface area (Å²) in [6.07, 6.45) is 4.22. The molecule has 0 aromatic heterocycles. The molecule has 1 saturated heterocycles. The molecule has 0 bridgehead atoms. The number of nitrogens with zero attached hydrogens (tertiary/aromatic N) is 2. The van der Waals surface area contributed by atoms with Gasteiger partial charge in [-0.2, -0.15) is 0 Å².